The molecule has 7 nitrogen and oxygen atoms in total. The molecule has 0 bridgehead atoms. The molecule has 2 heterocycles. The number of hydrogen-bond acceptors (Lipinski definition) is 5. The first-order valence-electron chi connectivity index (χ1n) is 5.68. The number of amides is 1. The molecule has 0 aliphatic heterocycles. The molecule has 0 aliphatic rings. The topological polar surface area (TPSA) is 93.4 Å². The first kappa shape index (κ1) is 14.0. The van der Waals surface area contributed by atoms with Gasteiger partial charge in [-0.25, -0.2) is 22.6 Å². The Balaban J connectivity index is 2.31. The Bertz CT molecular complexity index is 827. The summed E-state index contributed by atoms with van der Waals surface area (Å²) in [7, 11) is -3.78. The van der Waals surface area contributed by atoms with Gasteiger partial charge in [0.25, 0.3) is 5.91 Å². The molecule has 0 spiro atoms. The Kier molecular flexibility index (Phi) is 3.72. The first-order chi connectivity index (χ1) is 9.44. The van der Waals surface area contributed by atoms with Gasteiger partial charge in [0.2, 0.25) is 10.0 Å². The van der Waals surface area contributed by atoms with E-state index in [1.165, 1.54) is 17.6 Å². The Morgan fingerprint density at radius 2 is 2.25 bits per heavy atom. The molecule has 0 saturated heterocycles. The highest BCUT2D eigenvalue weighted by Crippen LogP contribution is 2.09. The molecule has 8 heteroatoms. The van der Waals surface area contributed by atoms with Crippen LogP contribution in [0.5, 0.6) is 0 Å². The van der Waals surface area contributed by atoms with Crippen LogP contribution in [-0.2, 0) is 10.0 Å². The molecule has 0 saturated carbocycles. The minimum atomic E-state index is -3.78. The fraction of sp³-hybridized carbons (Fsp3) is 0.250. The number of sulfonamides is 1. The summed E-state index contributed by atoms with van der Waals surface area (Å²) >= 11 is 0. The fourth-order valence-electron chi connectivity index (χ4n) is 1.61. The molecule has 1 N–H and O–H groups in total. The summed E-state index contributed by atoms with van der Waals surface area (Å²) in [5.41, 5.74) is 1.24. The molecule has 2 aromatic rings. The van der Waals surface area contributed by atoms with Crippen molar-refractivity contribution in [1.29, 1.82) is 0 Å². The lowest BCUT2D eigenvalue weighted by Crippen LogP contribution is -2.33. The van der Waals surface area contributed by atoms with Crippen LogP contribution in [0.3, 0.4) is 0 Å². The lowest BCUT2D eigenvalue weighted by Gasteiger charge is -2.07. The zero-order chi connectivity index (χ0) is 14.8. The van der Waals surface area contributed by atoms with Crippen LogP contribution in [0.1, 0.15) is 23.0 Å². The number of aryl methyl sites for hydroxylation is 1. The maximum Gasteiger partial charge on any atom is 0.268 e. The zero-order valence-electron chi connectivity index (χ0n) is 10.9. The molecule has 2 rings (SSSR count). The number of carbonyl (C=O) groups excluding carboxylic acids is 1. The molecular weight excluding hydrogens is 280 g/mol. The van der Waals surface area contributed by atoms with E-state index in [1.807, 2.05) is 4.72 Å². The van der Waals surface area contributed by atoms with Gasteiger partial charge in [-0.2, -0.15) is 5.10 Å². The van der Waals surface area contributed by atoms with Crippen LogP contribution in [-0.4, -0.2) is 34.7 Å². The van der Waals surface area contributed by atoms with Gasteiger partial charge < -0.3 is 0 Å². The average molecular weight is 292 g/mol. The van der Waals surface area contributed by atoms with E-state index in [0.717, 1.165) is 0 Å². The molecule has 0 unspecified atom stereocenters. The largest absolute Gasteiger partial charge is 0.268 e. The van der Waals surface area contributed by atoms with Gasteiger partial charge in [0.15, 0.2) is 5.65 Å². The van der Waals surface area contributed by atoms with Crippen LogP contribution in [0.15, 0.2) is 18.5 Å². The highest BCUT2D eigenvalue weighted by atomic mass is 32.2. The summed E-state index contributed by atoms with van der Waals surface area (Å²) in [5.74, 6) is 3.69. The second kappa shape index (κ2) is 5.30. The van der Waals surface area contributed by atoms with Crippen molar-refractivity contribution < 1.29 is 13.2 Å². The van der Waals surface area contributed by atoms with Crippen molar-refractivity contribution in [2.75, 3.05) is 5.75 Å². The van der Waals surface area contributed by atoms with Crippen LogP contribution < -0.4 is 4.72 Å². The van der Waals surface area contributed by atoms with Crippen molar-refractivity contribution in [3.8, 4) is 11.8 Å². The number of nitrogens with zero attached hydrogens (tertiary/aromatic N) is 3. The van der Waals surface area contributed by atoms with E-state index >= 15 is 0 Å². The third kappa shape index (κ3) is 2.78. The van der Waals surface area contributed by atoms with E-state index in [2.05, 4.69) is 21.9 Å². The van der Waals surface area contributed by atoms with Crippen LogP contribution in [0.2, 0.25) is 0 Å². The Morgan fingerprint density at radius 3 is 2.95 bits per heavy atom. The summed E-state index contributed by atoms with van der Waals surface area (Å²) in [6.07, 6.45) is 2.87. The molecule has 0 aliphatic carbocycles. The average Bonchev–Trinajstić information content (AvgIpc) is 2.85. The monoisotopic (exact) mass is 292 g/mol. The maximum absolute atomic E-state index is 12.0. The summed E-state index contributed by atoms with van der Waals surface area (Å²) in [6, 6.07) is 1.68. The van der Waals surface area contributed by atoms with Gasteiger partial charge in [0, 0.05) is 12.3 Å². The Morgan fingerprint density at radius 1 is 1.50 bits per heavy atom. The smallest absolute Gasteiger partial charge is 0.268 e. The van der Waals surface area contributed by atoms with Gasteiger partial charge in [0.1, 0.15) is 5.75 Å². The minimum absolute atomic E-state index is 0.147. The number of hydrogen-bond donors (Lipinski definition) is 1. The highest BCUT2D eigenvalue weighted by Gasteiger charge is 2.18. The molecule has 0 aromatic carbocycles. The quantitative estimate of drug-likeness (QED) is 0.811. The van der Waals surface area contributed by atoms with Crippen molar-refractivity contribution in [3.05, 3.63) is 29.7 Å². The number of nitrogens with one attached hydrogen (secondary N) is 1. The van der Waals surface area contributed by atoms with Crippen LogP contribution in [0.4, 0.5) is 0 Å². The Labute approximate surface area is 116 Å². The summed E-state index contributed by atoms with van der Waals surface area (Å²) in [6.45, 7) is 3.19. The summed E-state index contributed by atoms with van der Waals surface area (Å²) in [4.78, 5) is 16.0. The predicted molar refractivity (Wildman–Crippen MR) is 72.4 cm³/mol. The number of carbonyl (C=O) groups is 1. The van der Waals surface area contributed by atoms with E-state index in [1.54, 1.807) is 19.2 Å². The highest BCUT2D eigenvalue weighted by molar-refractivity contribution is 7.90. The van der Waals surface area contributed by atoms with Crippen LogP contribution in [0.25, 0.3) is 5.65 Å². The Hall–Kier alpha value is -2.40. The molecule has 104 valence electrons. The van der Waals surface area contributed by atoms with Crippen molar-refractivity contribution in [1.82, 2.24) is 19.3 Å². The second-order valence-corrected chi connectivity index (χ2v) is 5.70. The van der Waals surface area contributed by atoms with Crippen molar-refractivity contribution in [2.24, 2.45) is 0 Å². The second-order valence-electron chi connectivity index (χ2n) is 3.98. The number of rotatable bonds is 3. The molecule has 2 aromatic heterocycles. The lowest BCUT2D eigenvalue weighted by molar-refractivity contribution is 0.0980. The number of aromatic nitrogens is 3. The van der Waals surface area contributed by atoms with Gasteiger partial charge >= 0.3 is 0 Å². The van der Waals surface area contributed by atoms with E-state index in [4.69, 9.17) is 0 Å². The SMILES string of the molecule is CC#CCS(=O)(=O)NC(=O)c1cnc2ccnn2c1C. The zero-order valence-corrected chi connectivity index (χ0v) is 11.7. The van der Waals surface area contributed by atoms with Gasteiger partial charge in [0.05, 0.1) is 17.5 Å². The van der Waals surface area contributed by atoms with Crippen molar-refractivity contribution in [3.63, 3.8) is 0 Å². The van der Waals surface area contributed by atoms with Gasteiger partial charge in [-0.05, 0) is 13.8 Å². The third-order valence-electron chi connectivity index (χ3n) is 2.59. The van der Waals surface area contributed by atoms with Crippen molar-refractivity contribution >= 4 is 21.6 Å². The van der Waals surface area contributed by atoms with Gasteiger partial charge in [-0.15, -0.1) is 5.92 Å². The molecule has 0 fully saturated rings. The van der Waals surface area contributed by atoms with Crippen LogP contribution >= 0.6 is 0 Å². The lowest BCUT2D eigenvalue weighted by atomic mass is 10.2. The first-order valence-corrected chi connectivity index (χ1v) is 7.33. The van der Waals surface area contributed by atoms with Crippen molar-refractivity contribution in [2.45, 2.75) is 13.8 Å². The van der Waals surface area contributed by atoms with Gasteiger partial charge in [-0.3, -0.25) is 4.79 Å². The predicted octanol–water partition coefficient (Wildman–Crippen LogP) is 0.121. The van der Waals surface area contributed by atoms with Gasteiger partial charge in [-0.1, -0.05) is 5.92 Å². The van der Waals surface area contributed by atoms with Crippen LogP contribution in [0, 0.1) is 18.8 Å². The molecule has 20 heavy (non-hydrogen) atoms. The normalized spacial score (nSPS) is 10.9. The molecular formula is C12H12N4O3S. The molecule has 0 atom stereocenters. The number of fused-ring (bicyclic) bond motifs is 1. The summed E-state index contributed by atoms with van der Waals surface area (Å²) < 4.78 is 26.7. The summed E-state index contributed by atoms with van der Waals surface area (Å²) in [5, 5.41) is 4.01. The van der Waals surface area contributed by atoms with E-state index in [0.29, 0.717) is 11.3 Å². The fourth-order valence-corrected chi connectivity index (χ4v) is 2.41. The van der Waals surface area contributed by atoms with E-state index < -0.39 is 21.7 Å². The molecule has 1 amide bonds. The third-order valence-corrected chi connectivity index (χ3v) is 3.61. The molecule has 0 radical (unpaired) electrons. The minimum Gasteiger partial charge on any atom is -0.268 e. The van der Waals surface area contributed by atoms with E-state index in [-0.39, 0.29) is 5.56 Å². The standard InChI is InChI=1S/C12H12N4O3S/c1-3-4-7-20(18,19)15-12(17)10-8-13-11-5-6-14-16(11)9(10)2/h5-6,8H,7H2,1-2H3,(H,15,17). The van der Waals surface area contributed by atoms with E-state index in [9.17, 15) is 13.2 Å². The maximum atomic E-state index is 12.0.